The third kappa shape index (κ3) is 3.65. The number of aliphatic imine (C=N–C) groups is 1. The summed E-state index contributed by atoms with van der Waals surface area (Å²) < 4.78 is 10.8. The second kappa shape index (κ2) is 8.57. The number of benzene rings is 1. The fourth-order valence-electron chi connectivity index (χ4n) is 4.93. The molecule has 0 amide bonds. The summed E-state index contributed by atoms with van der Waals surface area (Å²) in [6, 6.07) is 7.62. The number of fused-ring (bicyclic) bond motifs is 1. The average Bonchev–Trinajstić information content (AvgIpc) is 3.64. The molecular formula is C28H27N5O3. The molecule has 1 saturated carbocycles. The predicted molar refractivity (Wildman–Crippen MR) is 137 cm³/mol. The van der Waals surface area contributed by atoms with E-state index < -0.39 is 5.60 Å². The van der Waals surface area contributed by atoms with Crippen molar-refractivity contribution in [1.29, 1.82) is 0 Å². The quantitative estimate of drug-likeness (QED) is 0.388. The van der Waals surface area contributed by atoms with Crippen molar-refractivity contribution < 1.29 is 14.4 Å². The Kier molecular flexibility index (Phi) is 5.34. The molecule has 6 rings (SSSR count). The van der Waals surface area contributed by atoms with Crippen LogP contribution in [-0.2, 0) is 5.60 Å². The summed E-state index contributed by atoms with van der Waals surface area (Å²) in [5.74, 6) is 2.55. The third-order valence-electron chi connectivity index (χ3n) is 6.94. The number of pyridine rings is 1. The second-order valence-corrected chi connectivity index (χ2v) is 9.36. The number of nitrogens with zero attached hydrogens (tertiary/aromatic N) is 4. The van der Waals surface area contributed by atoms with Gasteiger partial charge in [-0.05, 0) is 56.5 Å². The van der Waals surface area contributed by atoms with Gasteiger partial charge < -0.3 is 19.4 Å². The van der Waals surface area contributed by atoms with Gasteiger partial charge in [-0.15, -0.1) is 0 Å². The van der Waals surface area contributed by atoms with E-state index >= 15 is 0 Å². The zero-order chi connectivity index (χ0) is 24.9. The highest BCUT2D eigenvalue weighted by Crippen LogP contribution is 2.43. The van der Waals surface area contributed by atoms with Crippen molar-refractivity contribution in [3.63, 3.8) is 0 Å². The molecule has 182 valence electrons. The molecule has 8 nitrogen and oxygen atoms in total. The maximum absolute atomic E-state index is 12.7. The van der Waals surface area contributed by atoms with Crippen LogP contribution in [0.2, 0.25) is 0 Å². The second-order valence-electron chi connectivity index (χ2n) is 9.36. The molecule has 2 aliphatic rings. The maximum atomic E-state index is 12.7. The third-order valence-corrected chi connectivity index (χ3v) is 6.94. The Morgan fingerprint density at radius 1 is 1.17 bits per heavy atom. The van der Waals surface area contributed by atoms with Gasteiger partial charge in [0.2, 0.25) is 5.88 Å². The molecule has 1 aliphatic heterocycles. The summed E-state index contributed by atoms with van der Waals surface area (Å²) in [6.07, 6.45) is 11.8. The summed E-state index contributed by atoms with van der Waals surface area (Å²) in [6.45, 7) is 3.81. The minimum absolute atomic E-state index is 0.421. The first-order valence-electron chi connectivity index (χ1n) is 12.1. The number of aromatic amines is 1. The normalized spacial score (nSPS) is 17.2. The Bertz CT molecular complexity index is 1520. The van der Waals surface area contributed by atoms with Crippen LogP contribution in [0.3, 0.4) is 0 Å². The van der Waals surface area contributed by atoms with Crippen LogP contribution in [0.5, 0.6) is 5.88 Å². The highest BCUT2D eigenvalue weighted by molar-refractivity contribution is 6.02. The van der Waals surface area contributed by atoms with Crippen molar-refractivity contribution >= 4 is 16.7 Å². The number of aromatic nitrogens is 4. The van der Waals surface area contributed by atoms with Gasteiger partial charge in [-0.2, -0.15) is 0 Å². The van der Waals surface area contributed by atoms with Gasteiger partial charge in [0.25, 0.3) is 0 Å². The lowest BCUT2D eigenvalue weighted by atomic mass is 9.79. The Morgan fingerprint density at radius 3 is 2.72 bits per heavy atom. The molecule has 0 spiro atoms. The van der Waals surface area contributed by atoms with E-state index in [1.807, 2.05) is 44.2 Å². The molecule has 4 heterocycles. The zero-order valence-electron chi connectivity index (χ0n) is 20.4. The van der Waals surface area contributed by atoms with Crippen LogP contribution in [0.1, 0.15) is 53.6 Å². The lowest BCUT2D eigenvalue weighted by Gasteiger charge is -2.31. The number of aryl methyl sites for hydroxylation is 2. The lowest BCUT2D eigenvalue weighted by Crippen LogP contribution is -2.37. The van der Waals surface area contributed by atoms with Crippen LogP contribution >= 0.6 is 0 Å². The summed E-state index contributed by atoms with van der Waals surface area (Å²) >= 11 is 0. The predicted octanol–water partition coefficient (Wildman–Crippen LogP) is 5.27. The Hall–Kier alpha value is -4.04. The van der Waals surface area contributed by atoms with E-state index in [1.165, 1.54) is 0 Å². The Labute approximate surface area is 208 Å². The van der Waals surface area contributed by atoms with Crippen molar-refractivity contribution in [1.82, 2.24) is 20.1 Å². The van der Waals surface area contributed by atoms with E-state index in [2.05, 4.69) is 26.2 Å². The molecule has 1 unspecified atom stereocenters. The fraction of sp³-hybridized carbons (Fsp3) is 0.286. The van der Waals surface area contributed by atoms with Gasteiger partial charge in [-0.1, -0.05) is 17.3 Å². The molecule has 4 aromatic rings. The van der Waals surface area contributed by atoms with E-state index in [0.717, 1.165) is 41.0 Å². The number of allylic oxidation sites excluding steroid dienone is 3. The van der Waals surface area contributed by atoms with Crippen molar-refractivity contribution in [2.45, 2.75) is 44.6 Å². The number of H-pyrrole nitrogens is 1. The monoisotopic (exact) mass is 481 g/mol. The highest BCUT2D eigenvalue weighted by Gasteiger charge is 2.41. The molecule has 1 aromatic carbocycles. The van der Waals surface area contributed by atoms with Crippen LogP contribution in [0.15, 0.2) is 64.4 Å². The van der Waals surface area contributed by atoms with Crippen molar-refractivity contribution in [3.8, 4) is 17.0 Å². The highest BCUT2D eigenvalue weighted by atomic mass is 16.5. The van der Waals surface area contributed by atoms with Gasteiger partial charge in [0.1, 0.15) is 11.6 Å². The first-order valence-corrected chi connectivity index (χ1v) is 12.1. The van der Waals surface area contributed by atoms with E-state index in [-0.39, 0.29) is 0 Å². The summed E-state index contributed by atoms with van der Waals surface area (Å²) in [7, 11) is 1.57. The van der Waals surface area contributed by atoms with Crippen LogP contribution in [0.25, 0.3) is 22.2 Å². The van der Waals surface area contributed by atoms with Gasteiger partial charge in [0.05, 0.1) is 29.5 Å². The number of ether oxygens (including phenoxy) is 1. The number of hydrogen-bond acceptors (Lipinski definition) is 7. The van der Waals surface area contributed by atoms with E-state index in [1.54, 1.807) is 25.6 Å². The summed E-state index contributed by atoms with van der Waals surface area (Å²) in [5.41, 5.74) is 4.33. The van der Waals surface area contributed by atoms with Crippen LogP contribution in [-0.4, -0.2) is 38.0 Å². The van der Waals surface area contributed by atoms with Crippen molar-refractivity contribution in [2.75, 3.05) is 7.11 Å². The summed E-state index contributed by atoms with van der Waals surface area (Å²) in [5, 5.41) is 16.9. The molecule has 36 heavy (non-hydrogen) atoms. The largest absolute Gasteiger partial charge is 0.481 e. The number of aliphatic hydroxyl groups is 1. The molecule has 0 saturated heterocycles. The number of nitrogens with one attached hydrogen (secondary N) is 1. The standard InChI is InChI=1S/C28H27N5O3/c1-16-25(17(2)36-33-16)19-13-21(26-22(14-19)31-27(32-26)18-8-9-18)28(34,23-7-5-4-6-12-29-23)20-10-11-24(35-3)30-15-20/h4-6,10-15,18,34H,7-9H2,1-3H3,(H,31,32). The Balaban J connectivity index is 1.66. The number of rotatable bonds is 6. The van der Waals surface area contributed by atoms with Crippen molar-refractivity contribution in [2.24, 2.45) is 4.99 Å². The number of imidazole rings is 1. The van der Waals surface area contributed by atoms with Crippen LogP contribution < -0.4 is 4.74 Å². The number of methoxy groups -OCH3 is 1. The first kappa shape index (κ1) is 22.4. The van der Waals surface area contributed by atoms with Gasteiger partial charge in [0.15, 0.2) is 5.60 Å². The molecule has 8 heteroatoms. The zero-order valence-corrected chi connectivity index (χ0v) is 20.4. The molecule has 0 radical (unpaired) electrons. The maximum Gasteiger partial charge on any atom is 0.212 e. The van der Waals surface area contributed by atoms with E-state index in [4.69, 9.17) is 14.2 Å². The van der Waals surface area contributed by atoms with Gasteiger partial charge in [-0.3, -0.25) is 4.99 Å². The van der Waals surface area contributed by atoms with E-state index in [0.29, 0.717) is 46.3 Å². The molecule has 1 aliphatic carbocycles. The SMILES string of the molecule is COc1ccc(C(O)(C2=NC=CC=CC2)c2cc(-c3c(C)noc3C)cc3[nH]c(C4CC4)nc23)cn1. The van der Waals surface area contributed by atoms with Gasteiger partial charge >= 0.3 is 0 Å². The van der Waals surface area contributed by atoms with Gasteiger partial charge in [-0.25, -0.2) is 9.97 Å². The van der Waals surface area contributed by atoms with Crippen LogP contribution in [0.4, 0.5) is 0 Å². The molecule has 1 atom stereocenters. The first-order chi connectivity index (χ1) is 17.5. The molecular weight excluding hydrogens is 454 g/mol. The molecule has 0 bridgehead atoms. The minimum Gasteiger partial charge on any atom is -0.481 e. The fourth-order valence-corrected chi connectivity index (χ4v) is 4.93. The van der Waals surface area contributed by atoms with Crippen LogP contribution in [0, 0.1) is 13.8 Å². The lowest BCUT2D eigenvalue weighted by molar-refractivity contribution is 0.155. The van der Waals surface area contributed by atoms with Crippen molar-refractivity contribution in [3.05, 3.63) is 83.3 Å². The number of hydrogen-bond donors (Lipinski definition) is 2. The molecule has 2 N–H and O–H groups in total. The molecule has 1 fully saturated rings. The minimum atomic E-state index is -1.60. The topological polar surface area (TPSA) is 109 Å². The summed E-state index contributed by atoms with van der Waals surface area (Å²) in [4.78, 5) is 17.6. The average molecular weight is 482 g/mol. The van der Waals surface area contributed by atoms with Gasteiger partial charge in [0, 0.05) is 47.5 Å². The Morgan fingerprint density at radius 2 is 2.03 bits per heavy atom. The molecule has 3 aromatic heterocycles. The smallest absolute Gasteiger partial charge is 0.212 e. The van der Waals surface area contributed by atoms with E-state index in [9.17, 15) is 5.11 Å².